The SMILES string of the molecule is CC1CNCC1NC(=O)C1C2CCCC21. The minimum atomic E-state index is 0.338. The summed E-state index contributed by atoms with van der Waals surface area (Å²) in [6, 6.07) is 0.374. The summed E-state index contributed by atoms with van der Waals surface area (Å²) in [6.07, 6.45) is 3.93. The fraction of sp³-hybridized carbons (Fsp3) is 0.917. The van der Waals surface area contributed by atoms with Crippen LogP contribution in [0.25, 0.3) is 0 Å². The van der Waals surface area contributed by atoms with E-state index in [0.717, 1.165) is 24.9 Å². The molecule has 2 aliphatic carbocycles. The fourth-order valence-electron chi connectivity index (χ4n) is 3.49. The molecule has 3 rings (SSSR count). The monoisotopic (exact) mass is 208 g/mol. The second kappa shape index (κ2) is 3.48. The molecule has 1 heterocycles. The predicted molar refractivity (Wildman–Crippen MR) is 58.3 cm³/mol. The van der Waals surface area contributed by atoms with Crippen molar-refractivity contribution in [2.75, 3.05) is 13.1 Å². The van der Waals surface area contributed by atoms with Crippen LogP contribution in [0.5, 0.6) is 0 Å². The Hall–Kier alpha value is -0.570. The molecule has 3 aliphatic rings. The van der Waals surface area contributed by atoms with Gasteiger partial charge in [0.2, 0.25) is 5.91 Å². The van der Waals surface area contributed by atoms with Gasteiger partial charge in [-0.05, 0) is 37.1 Å². The molecule has 0 radical (unpaired) electrons. The zero-order valence-electron chi connectivity index (χ0n) is 9.33. The Bertz CT molecular complexity index is 269. The summed E-state index contributed by atoms with van der Waals surface area (Å²) in [6.45, 7) is 4.20. The lowest BCUT2D eigenvalue weighted by Crippen LogP contribution is -2.41. The number of hydrogen-bond acceptors (Lipinski definition) is 2. The summed E-state index contributed by atoms with van der Waals surface area (Å²) in [4.78, 5) is 12.0. The van der Waals surface area contributed by atoms with Gasteiger partial charge in [0, 0.05) is 18.5 Å². The molecule has 2 N–H and O–H groups in total. The van der Waals surface area contributed by atoms with Gasteiger partial charge in [-0.25, -0.2) is 0 Å². The van der Waals surface area contributed by atoms with Crippen molar-refractivity contribution in [3.05, 3.63) is 0 Å². The van der Waals surface area contributed by atoms with Gasteiger partial charge in [0.15, 0.2) is 0 Å². The van der Waals surface area contributed by atoms with Gasteiger partial charge in [-0.1, -0.05) is 13.3 Å². The molecule has 0 aromatic carbocycles. The van der Waals surface area contributed by atoms with Crippen LogP contribution in [0.1, 0.15) is 26.2 Å². The van der Waals surface area contributed by atoms with Gasteiger partial charge in [0.1, 0.15) is 0 Å². The van der Waals surface area contributed by atoms with Gasteiger partial charge in [-0.3, -0.25) is 4.79 Å². The van der Waals surface area contributed by atoms with Gasteiger partial charge >= 0.3 is 0 Å². The summed E-state index contributed by atoms with van der Waals surface area (Å²) in [5.41, 5.74) is 0. The maximum Gasteiger partial charge on any atom is 0.223 e. The van der Waals surface area contributed by atoms with E-state index in [1.807, 2.05) is 0 Å². The standard InChI is InChI=1S/C12H20N2O/c1-7-5-13-6-10(7)14-12(15)11-8-3-2-4-9(8)11/h7-11,13H,2-6H2,1H3,(H,14,15). The molecule has 4 atom stereocenters. The van der Waals surface area contributed by atoms with Crippen LogP contribution < -0.4 is 10.6 Å². The second-order valence-corrected chi connectivity index (χ2v) is 5.54. The Kier molecular flexibility index (Phi) is 2.23. The molecule has 15 heavy (non-hydrogen) atoms. The van der Waals surface area contributed by atoms with E-state index in [1.54, 1.807) is 0 Å². The summed E-state index contributed by atoms with van der Waals surface area (Å²) in [5, 5.41) is 6.54. The molecule has 1 amide bonds. The number of rotatable bonds is 2. The quantitative estimate of drug-likeness (QED) is 0.703. The van der Waals surface area contributed by atoms with Crippen LogP contribution in [-0.2, 0) is 4.79 Å². The summed E-state index contributed by atoms with van der Waals surface area (Å²) < 4.78 is 0. The number of hydrogen-bond donors (Lipinski definition) is 2. The molecule has 0 aromatic rings. The molecular formula is C12H20N2O. The van der Waals surface area contributed by atoms with Gasteiger partial charge in [-0.15, -0.1) is 0 Å². The van der Waals surface area contributed by atoms with Crippen LogP contribution in [-0.4, -0.2) is 25.0 Å². The first-order chi connectivity index (χ1) is 7.27. The first-order valence-corrected chi connectivity index (χ1v) is 6.28. The van der Waals surface area contributed by atoms with Crippen molar-refractivity contribution in [2.45, 2.75) is 32.2 Å². The van der Waals surface area contributed by atoms with Crippen LogP contribution in [0.4, 0.5) is 0 Å². The number of carbonyl (C=O) groups excluding carboxylic acids is 1. The lowest BCUT2D eigenvalue weighted by atomic mass is 10.1. The maximum absolute atomic E-state index is 12.0. The number of carbonyl (C=O) groups is 1. The average Bonchev–Trinajstić information content (AvgIpc) is 2.60. The Morgan fingerprint density at radius 2 is 2.00 bits per heavy atom. The summed E-state index contributed by atoms with van der Waals surface area (Å²) in [5.74, 6) is 2.80. The molecule has 0 spiro atoms. The normalized spacial score (nSPS) is 47.7. The zero-order chi connectivity index (χ0) is 10.4. The molecule has 84 valence electrons. The molecule has 1 saturated heterocycles. The van der Waals surface area contributed by atoms with E-state index in [-0.39, 0.29) is 0 Å². The molecule has 3 nitrogen and oxygen atoms in total. The average molecular weight is 208 g/mol. The summed E-state index contributed by atoms with van der Waals surface area (Å²) >= 11 is 0. The fourth-order valence-corrected chi connectivity index (χ4v) is 3.49. The third-order valence-corrected chi connectivity index (χ3v) is 4.55. The van der Waals surface area contributed by atoms with Crippen LogP contribution in [0.15, 0.2) is 0 Å². The zero-order valence-corrected chi connectivity index (χ0v) is 9.33. The van der Waals surface area contributed by atoms with Gasteiger partial charge < -0.3 is 10.6 Å². The van der Waals surface area contributed by atoms with E-state index in [0.29, 0.717) is 23.8 Å². The minimum Gasteiger partial charge on any atom is -0.352 e. The highest BCUT2D eigenvalue weighted by Gasteiger charge is 2.56. The van der Waals surface area contributed by atoms with E-state index in [1.165, 1.54) is 19.3 Å². The van der Waals surface area contributed by atoms with E-state index < -0.39 is 0 Å². The van der Waals surface area contributed by atoms with Crippen LogP contribution in [0.2, 0.25) is 0 Å². The molecule has 2 saturated carbocycles. The van der Waals surface area contributed by atoms with Crippen LogP contribution in [0, 0.1) is 23.7 Å². The van der Waals surface area contributed by atoms with Crippen molar-refractivity contribution in [3.63, 3.8) is 0 Å². The van der Waals surface area contributed by atoms with Crippen LogP contribution >= 0.6 is 0 Å². The maximum atomic E-state index is 12.0. The topological polar surface area (TPSA) is 41.1 Å². The second-order valence-electron chi connectivity index (χ2n) is 5.54. The Balaban J connectivity index is 1.53. The lowest BCUT2D eigenvalue weighted by molar-refractivity contribution is -0.123. The Morgan fingerprint density at radius 3 is 2.60 bits per heavy atom. The van der Waals surface area contributed by atoms with Crippen molar-refractivity contribution in [2.24, 2.45) is 23.7 Å². The lowest BCUT2D eigenvalue weighted by Gasteiger charge is -2.16. The van der Waals surface area contributed by atoms with Crippen molar-refractivity contribution in [1.82, 2.24) is 10.6 Å². The third kappa shape index (κ3) is 1.57. The molecule has 0 bridgehead atoms. The van der Waals surface area contributed by atoms with Crippen molar-refractivity contribution in [3.8, 4) is 0 Å². The number of nitrogens with one attached hydrogen (secondary N) is 2. The van der Waals surface area contributed by atoms with Crippen molar-refractivity contribution >= 4 is 5.91 Å². The van der Waals surface area contributed by atoms with Gasteiger partial charge in [-0.2, -0.15) is 0 Å². The first kappa shape index (κ1) is 9.64. The Labute approximate surface area is 91.0 Å². The van der Waals surface area contributed by atoms with E-state index >= 15 is 0 Å². The highest BCUT2D eigenvalue weighted by Crippen LogP contribution is 2.57. The van der Waals surface area contributed by atoms with E-state index in [9.17, 15) is 4.79 Å². The largest absolute Gasteiger partial charge is 0.352 e. The predicted octanol–water partition coefficient (Wildman–Crippen LogP) is 0.757. The highest BCUT2D eigenvalue weighted by molar-refractivity contribution is 5.82. The Morgan fingerprint density at radius 1 is 1.27 bits per heavy atom. The van der Waals surface area contributed by atoms with E-state index in [2.05, 4.69) is 17.6 Å². The molecular weight excluding hydrogens is 188 g/mol. The molecule has 3 fully saturated rings. The number of fused-ring (bicyclic) bond motifs is 1. The molecule has 1 aliphatic heterocycles. The smallest absolute Gasteiger partial charge is 0.223 e. The molecule has 3 heteroatoms. The molecule has 0 aromatic heterocycles. The van der Waals surface area contributed by atoms with Gasteiger partial charge in [0.05, 0.1) is 0 Å². The summed E-state index contributed by atoms with van der Waals surface area (Å²) in [7, 11) is 0. The number of amides is 1. The van der Waals surface area contributed by atoms with Crippen molar-refractivity contribution in [1.29, 1.82) is 0 Å². The third-order valence-electron chi connectivity index (χ3n) is 4.55. The van der Waals surface area contributed by atoms with Gasteiger partial charge in [0.25, 0.3) is 0 Å². The molecule has 4 unspecified atom stereocenters. The highest BCUT2D eigenvalue weighted by atomic mass is 16.2. The van der Waals surface area contributed by atoms with Crippen LogP contribution in [0.3, 0.4) is 0 Å². The first-order valence-electron chi connectivity index (χ1n) is 6.28. The van der Waals surface area contributed by atoms with E-state index in [4.69, 9.17) is 0 Å². The minimum absolute atomic E-state index is 0.338. The van der Waals surface area contributed by atoms with Crippen molar-refractivity contribution < 1.29 is 4.79 Å².